The van der Waals surface area contributed by atoms with Gasteiger partial charge >= 0.3 is 0 Å². The number of nitrogens with zero attached hydrogens (tertiary/aromatic N) is 3. The molecule has 0 atom stereocenters. The summed E-state index contributed by atoms with van der Waals surface area (Å²) in [5, 5.41) is 6.89. The number of hydrogen-bond donors (Lipinski definition) is 2. The second-order valence-corrected chi connectivity index (χ2v) is 6.85. The van der Waals surface area contributed by atoms with E-state index in [0.717, 1.165) is 51.3 Å². The third kappa shape index (κ3) is 8.52. The Labute approximate surface area is 148 Å². The van der Waals surface area contributed by atoms with Crippen LogP contribution in [-0.2, 0) is 4.79 Å². The molecule has 0 aliphatic carbocycles. The topological polar surface area (TPSA) is 60.0 Å². The second kappa shape index (κ2) is 12.1. The van der Waals surface area contributed by atoms with E-state index in [4.69, 9.17) is 0 Å². The molecular formula is C18H37N5O. The molecule has 0 aromatic carbocycles. The Hall–Kier alpha value is -1.30. The van der Waals surface area contributed by atoms with Gasteiger partial charge < -0.3 is 20.4 Å². The van der Waals surface area contributed by atoms with Gasteiger partial charge in [-0.05, 0) is 32.2 Å². The average molecular weight is 340 g/mol. The first kappa shape index (κ1) is 20.7. The fraction of sp³-hybridized carbons (Fsp3) is 0.889. The van der Waals surface area contributed by atoms with Crippen LogP contribution in [0.5, 0.6) is 0 Å². The zero-order chi connectivity index (χ0) is 17.8. The van der Waals surface area contributed by atoms with Crippen LogP contribution in [0.2, 0.25) is 0 Å². The van der Waals surface area contributed by atoms with E-state index in [-0.39, 0.29) is 12.5 Å². The molecule has 0 bridgehead atoms. The summed E-state index contributed by atoms with van der Waals surface area (Å²) in [6.45, 7) is 9.03. The molecule has 0 radical (unpaired) electrons. The summed E-state index contributed by atoms with van der Waals surface area (Å²) in [6, 6.07) is 0.449. The van der Waals surface area contributed by atoms with E-state index in [1.54, 1.807) is 19.0 Å². The molecule has 1 aliphatic heterocycles. The number of nitrogens with one attached hydrogen (secondary N) is 2. The second-order valence-electron chi connectivity index (χ2n) is 6.85. The van der Waals surface area contributed by atoms with Gasteiger partial charge in [0.05, 0.1) is 0 Å². The molecule has 2 N–H and O–H groups in total. The number of carbonyl (C=O) groups excluding carboxylic acids is 1. The highest BCUT2D eigenvalue weighted by atomic mass is 16.2. The maximum Gasteiger partial charge on any atom is 0.243 e. The van der Waals surface area contributed by atoms with Crippen molar-refractivity contribution in [1.29, 1.82) is 0 Å². The lowest BCUT2D eigenvalue weighted by Crippen LogP contribution is -2.49. The molecule has 6 nitrogen and oxygen atoms in total. The maximum atomic E-state index is 11.8. The summed E-state index contributed by atoms with van der Waals surface area (Å²) in [5.74, 6) is 0.812. The Morgan fingerprint density at radius 3 is 2.42 bits per heavy atom. The van der Waals surface area contributed by atoms with E-state index in [1.165, 1.54) is 19.4 Å². The van der Waals surface area contributed by atoms with Gasteiger partial charge in [0.2, 0.25) is 5.91 Å². The first-order valence-corrected chi connectivity index (χ1v) is 9.54. The number of carbonyl (C=O) groups is 1. The quantitative estimate of drug-likeness (QED) is 0.381. The molecule has 1 heterocycles. The van der Waals surface area contributed by atoms with E-state index < -0.39 is 0 Å². The van der Waals surface area contributed by atoms with Gasteiger partial charge in [0.1, 0.15) is 6.54 Å². The standard InChI is InChI=1S/C18H37N5O/c1-5-7-11-19-18(20-15-17(24)22(3)4)21-16-9-13-23(14-10-16)12-8-6-2/h16H,5-15H2,1-4H3,(H2,19,20,21). The van der Waals surface area contributed by atoms with Crippen molar-refractivity contribution in [3.05, 3.63) is 0 Å². The van der Waals surface area contributed by atoms with E-state index in [9.17, 15) is 4.79 Å². The van der Waals surface area contributed by atoms with Crippen molar-refractivity contribution in [2.75, 3.05) is 46.8 Å². The van der Waals surface area contributed by atoms with E-state index in [0.29, 0.717) is 6.04 Å². The van der Waals surface area contributed by atoms with Crippen LogP contribution < -0.4 is 10.6 Å². The number of likely N-dealkylation sites (tertiary alicyclic amines) is 1. The van der Waals surface area contributed by atoms with Crippen molar-refractivity contribution in [2.45, 2.75) is 58.4 Å². The van der Waals surface area contributed by atoms with Crippen molar-refractivity contribution in [3.8, 4) is 0 Å². The molecule has 140 valence electrons. The number of unbranched alkanes of at least 4 members (excludes halogenated alkanes) is 2. The van der Waals surface area contributed by atoms with Crippen molar-refractivity contribution < 1.29 is 4.79 Å². The summed E-state index contributed by atoms with van der Waals surface area (Å²) in [5.41, 5.74) is 0. The van der Waals surface area contributed by atoms with Crippen LogP contribution in [-0.4, -0.2) is 74.5 Å². The number of hydrogen-bond acceptors (Lipinski definition) is 3. The fourth-order valence-electron chi connectivity index (χ4n) is 2.70. The molecule has 24 heavy (non-hydrogen) atoms. The normalized spacial score (nSPS) is 16.9. The van der Waals surface area contributed by atoms with Crippen LogP contribution in [0.4, 0.5) is 0 Å². The third-order valence-electron chi connectivity index (χ3n) is 4.45. The van der Waals surface area contributed by atoms with Crippen LogP contribution in [0.25, 0.3) is 0 Å². The molecule has 1 aliphatic rings. The molecule has 1 amide bonds. The SMILES string of the molecule is CCCCNC(=NCC(=O)N(C)C)NC1CCN(CCCC)CC1. The Morgan fingerprint density at radius 2 is 1.83 bits per heavy atom. The largest absolute Gasteiger partial charge is 0.356 e. The average Bonchev–Trinajstić information content (AvgIpc) is 2.58. The number of piperidine rings is 1. The van der Waals surface area contributed by atoms with Gasteiger partial charge in [0.25, 0.3) is 0 Å². The fourth-order valence-corrected chi connectivity index (χ4v) is 2.70. The Morgan fingerprint density at radius 1 is 1.17 bits per heavy atom. The molecule has 0 unspecified atom stereocenters. The highest BCUT2D eigenvalue weighted by molar-refractivity contribution is 5.84. The minimum atomic E-state index is 0.0287. The molecule has 0 aromatic heterocycles. The predicted molar refractivity (Wildman–Crippen MR) is 101 cm³/mol. The highest BCUT2D eigenvalue weighted by Crippen LogP contribution is 2.11. The van der Waals surface area contributed by atoms with Gasteiger partial charge in [-0.15, -0.1) is 0 Å². The van der Waals surface area contributed by atoms with Gasteiger partial charge in [-0.2, -0.15) is 0 Å². The molecule has 1 fully saturated rings. The van der Waals surface area contributed by atoms with Gasteiger partial charge in [-0.1, -0.05) is 26.7 Å². The van der Waals surface area contributed by atoms with Crippen molar-refractivity contribution in [1.82, 2.24) is 20.4 Å². The van der Waals surface area contributed by atoms with Crippen molar-refractivity contribution in [2.24, 2.45) is 4.99 Å². The molecule has 6 heteroatoms. The van der Waals surface area contributed by atoms with Crippen LogP contribution >= 0.6 is 0 Å². The van der Waals surface area contributed by atoms with E-state index >= 15 is 0 Å². The summed E-state index contributed by atoms with van der Waals surface area (Å²) in [6.07, 6.45) is 7.08. The summed E-state index contributed by atoms with van der Waals surface area (Å²) >= 11 is 0. The maximum absolute atomic E-state index is 11.8. The Balaban J connectivity index is 2.46. The van der Waals surface area contributed by atoms with Gasteiger partial charge in [-0.3, -0.25) is 4.79 Å². The van der Waals surface area contributed by atoms with Crippen LogP contribution in [0.1, 0.15) is 52.4 Å². The smallest absolute Gasteiger partial charge is 0.243 e. The zero-order valence-electron chi connectivity index (χ0n) is 16.1. The lowest BCUT2D eigenvalue weighted by Gasteiger charge is -2.33. The van der Waals surface area contributed by atoms with Crippen molar-refractivity contribution in [3.63, 3.8) is 0 Å². The number of amides is 1. The number of rotatable bonds is 9. The number of aliphatic imine (C=N–C) groups is 1. The minimum absolute atomic E-state index is 0.0287. The highest BCUT2D eigenvalue weighted by Gasteiger charge is 2.19. The molecule has 1 saturated heterocycles. The first-order valence-electron chi connectivity index (χ1n) is 9.54. The monoisotopic (exact) mass is 339 g/mol. The minimum Gasteiger partial charge on any atom is -0.356 e. The third-order valence-corrected chi connectivity index (χ3v) is 4.45. The Kier molecular flexibility index (Phi) is 10.5. The van der Waals surface area contributed by atoms with Crippen LogP contribution in [0, 0.1) is 0 Å². The summed E-state index contributed by atoms with van der Waals surface area (Å²) in [7, 11) is 3.53. The molecule has 0 aromatic rings. The molecule has 0 spiro atoms. The zero-order valence-corrected chi connectivity index (χ0v) is 16.1. The molecule has 1 rings (SSSR count). The van der Waals surface area contributed by atoms with E-state index in [2.05, 4.69) is 34.4 Å². The first-order chi connectivity index (χ1) is 11.6. The lowest BCUT2D eigenvalue weighted by atomic mass is 10.0. The lowest BCUT2D eigenvalue weighted by molar-refractivity contribution is -0.127. The van der Waals surface area contributed by atoms with Gasteiger partial charge in [0.15, 0.2) is 5.96 Å². The number of guanidine groups is 1. The Bertz CT molecular complexity index is 376. The molecular weight excluding hydrogens is 302 g/mol. The summed E-state index contributed by atoms with van der Waals surface area (Å²) in [4.78, 5) is 20.4. The van der Waals surface area contributed by atoms with Crippen LogP contribution in [0.3, 0.4) is 0 Å². The summed E-state index contributed by atoms with van der Waals surface area (Å²) < 4.78 is 0. The van der Waals surface area contributed by atoms with Gasteiger partial charge in [0, 0.05) is 39.8 Å². The van der Waals surface area contributed by atoms with Crippen LogP contribution in [0.15, 0.2) is 4.99 Å². The molecule has 0 saturated carbocycles. The number of likely N-dealkylation sites (N-methyl/N-ethyl adjacent to an activating group) is 1. The predicted octanol–water partition coefficient (Wildman–Crippen LogP) is 1.67. The van der Waals surface area contributed by atoms with E-state index in [1.807, 2.05) is 0 Å². The van der Waals surface area contributed by atoms with Gasteiger partial charge in [-0.25, -0.2) is 4.99 Å². The van der Waals surface area contributed by atoms with Crippen molar-refractivity contribution >= 4 is 11.9 Å².